The van der Waals surface area contributed by atoms with E-state index in [0.29, 0.717) is 0 Å². The molecule has 21 heavy (non-hydrogen) atoms. The number of anilines is 2. The molecule has 0 saturated carbocycles. The molecule has 0 amide bonds. The Morgan fingerprint density at radius 3 is 2.33 bits per heavy atom. The second-order valence-electron chi connectivity index (χ2n) is 5.17. The first-order valence-electron chi connectivity index (χ1n) is 7.06. The van der Waals surface area contributed by atoms with Crippen LogP contribution in [0.1, 0.15) is 11.3 Å². The van der Waals surface area contributed by atoms with Crippen molar-refractivity contribution in [2.75, 3.05) is 36.0 Å². The maximum absolute atomic E-state index is 4.54. The van der Waals surface area contributed by atoms with Crippen LogP contribution in [0.25, 0.3) is 0 Å². The summed E-state index contributed by atoms with van der Waals surface area (Å²) in [6, 6.07) is 1.85. The fourth-order valence-corrected chi connectivity index (χ4v) is 3.47. The third kappa shape index (κ3) is 2.74. The zero-order valence-corrected chi connectivity index (χ0v) is 13.9. The van der Waals surface area contributed by atoms with Gasteiger partial charge in [0.2, 0.25) is 5.95 Å². The summed E-state index contributed by atoms with van der Waals surface area (Å²) in [7, 11) is 2.02. The number of nitrogens with zero attached hydrogens (tertiary/aromatic N) is 6. The predicted octanol–water partition coefficient (Wildman–Crippen LogP) is 1.74. The van der Waals surface area contributed by atoms with Crippen molar-refractivity contribution in [3.8, 4) is 0 Å². The van der Waals surface area contributed by atoms with Crippen molar-refractivity contribution < 1.29 is 0 Å². The molecule has 0 unspecified atom stereocenters. The van der Waals surface area contributed by atoms with E-state index in [2.05, 4.69) is 47.7 Å². The van der Waals surface area contributed by atoms with Gasteiger partial charge < -0.3 is 9.80 Å². The van der Waals surface area contributed by atoms with Gasteiger partial charge in [0.25, 0.3) is 0 Å². The van der Waals surface area contributed by atoms with Crippen molar-refractivity contribution in [3.05, 3.63) is 29.7 Å². The second kappa shape index (κ2) is 6.01. The highest BCUT2D eigenvalue weighted by atomic mass is 79.9. The van der Waals surface area contributed by atoms with E-state index in [1.54, 1.807) is 12.4 Å². The van der Waals surface area contributed by atoms with Gasteiger partial charge in [-0.15, -0.1) is 0 Å². The zero-order valence-electron chi connectivity index (χ0n) is 12.3. The molecule has 0 aliphatic carbocycles. The molecule has 1 aliphatic heterocycles. The van der Waals surface area contributed by atoms with Crippen molar-refractivity contribution in [2.45, 2.75) is 12.3 Å². The molecule has 3 rings (SSSR count). The lowest BCUT2D eigenvalue weighted by Gasteiger charge is -2.36. The molecule has 1 saturated heterocycles. The van der Waals surface area contributed by atoms with Crippen molar-refractivity contribution in [1.82, 2.24) is 19.7 Å². The van der Waals surface area contributed by atoms with Crippen molar-refractivity contribution in [3.63, 3.8) is 0 Å². The molecule has 0 bridgehead atoms. The lowest BCUT2D eigenvalue weighted by molar-refractivity contribution is 0.613. The molecule has 0 spiro atoms. The number of halogens is 1. The van der Waals surface area contributed by atoms with Crippen LogP contribution in [0, 0.1) is 6.92 Å². The summed E-state index contributed by atoms with van der Waals surface area (Å²) in [5.41, 5.74) is 2.38. The maximum atomic E-state index is 4.54. The first kappa shape index (κ1) is 14.3. The number of alkyl halides is 1. The fraction of sp³-hybridized carbons (Fsp3) is 0.500. The number of rotatable bonds is 3. The minimum atomic E-state index is 0.819. The third-order valence-corrected chi connectivity index (χ3v) is 4.42. The van der Waals surface area contributed by atoms with E-state index in [4.69, 9.17) is 0 Å². The Bertz CT molecular complexity index is 603. The second-order valence-corrected chi connectivity index (χ2v) is 5.73. The Labute approximate surface area is 132 Å². The Kier molecular flexibility index (Phi) is 4.10. The average molecular weight is 351 g/mol. The summed E-state index contributed by atoms with van der Waals surface area (Å²) in [5, 5.41) is 5.38. The summed E-state index contributed by atoms with van der Waals surface area (Å²) < 4.78 is 1.99. The summed E-state index contributed by atoms with van der Waals surface area (Å²) in [4.78, 5) is 13.3. The Morgan fingerprint density at radius 2 is 1.71 bits per heavy atom. The molecule has 6 nitrogen and oxygen atoms in total. The largest absolute Gasteiger partial charge is 0.353 e. The molecule has 3 heterocycles. The smallest absolute Gasteiger partial charge is 0.225 e. The maximum Gasteiger partial charge on any atom is 0.225 e. The van der Waals surface area contributed by atoms with Gasteiger partial charge in [0, 0.05) is 56.5 Å². The highest BCUT2D eigenvalue weighted by molar-refractivity contribution is 9.08. The first-order chi connectivity index (χ1) is 10.2. The Hall–Kier alpha value is -1.63. The first-order valence-corrected chi connectivity index (χ1v) is 8.18. The van der Waals surface area contributed by atoms with Gasteiger partial charge in [-0.05, 0) is 13.0 Å². The minimum absolute atomic E-state index is 0.819. The lowest BCUT2D eigenvalue weighted by atomic mass is 10.2. The molecule has 1 fully saturated rings. The van der Waals surface area contributed by atoms with Gasteiger partial charge in [-0.1, -0.05) is 15.9 Å². The van der Waals surface area contributed by atoms with Crippen LogP contribution >= 0.6 is 15.9 Å². The quantitative estimate of drug-likeness (QED) is 0.789. The molecule has 0 radical (unpaired) electrons. The van der Waals surface area contributed by atoms with Crippen LogP contribution in [0.5, 0.6) is 0 Å². The fourth-order valence-electron chi connectivity index (χ4n) is 2.81. The monoisotopic (exact) mass is 350 g/mol. The minimum Gasteiger partial charge on any atom is -0.353 e. The van der Waals surface area contributed by atoms with Crippen molar-refractivity contribution >= 4 is 27.7 Å². The van der Waals surface area contributed by atoms with Gasteiger partial charge in [0.1, 0.15) is 5.82 Å². The highest BCUT2D eigenvalue weighted by Crippen LogP contribution is 2.26. The van der Waals surface area contributed by atoms with E-state index in [9.17, 15) is 0 Å². The average Bonchev–Trinajstić information content (AvgIpc) is 2.82. The molecular formula is C14H19BrN6. The zero-order chi connectivity index (χ0) is 14.8. The van der Waals surface area contributed by atoms with Gasteiger partial charge >= 0.3 is 0 Å². The molecule has 112 valence electrons. The lowest BCUT2D eigenvalue weighted by Crippen LogP contribution is -2.48. The third-order valence-electron chi connectivity index (χ3n) is 3.86. The molecule has 1 aliphatic rings. The molecule has 2 aromatic rings. The predicted molar refractivity (Wildman–Crippen MR) is 87.0 cm³/mol. The van der Waals surface area contributed by atoms with Crippen molar-refractivity contribution in [1.29, 1.82) is 0 Å². The summed E-state index contributed by atoms with van der Waals surface area (Å²) >= 11 is 3.58. The Balaban J connectivity index is 1.74. The SMILES string of the molecule is Cc1nn(C)c(N2CCN(c3ncccn3)CC2)c1CBr. The number of aromatic nitrogens is 4. The van der Waals surface area contributed by atoms with Crippen LogP contribution in [0.2, 0.25) is 0 Å². The van der Waals surface area contributed by atoms with E-state index in [-0.39, 0.29) is 0 Å². The highest BCUT2D eigenvalue weighted by Gasteiger charge is 2.24. The molecule has 7 heteroatoms. The van der Waals surface area contributed by atoms with Crippen LogP contribution in [-0.4, -0.2) is 45.9 Å². The van der Waals surface area contributed by atoms with Crippen LogP contribution in [0.15, 0.2) is 18.5 Å². The van der Waals surface area contributed by atoms with Gasteiger partial charge in [0.15, 0.2) is 0 Å². The standard InChI is InChI=1S/C14H19BrN6/c1-11-12(10-15)13(19(2)18-11)20-6-8-21(9-7-20)14-16-4-3-5-17-14/h3-5H,6-10H2,1-2H3. The molecule has 0 N–H and O–H groups in total. The molecule has 2 aromatic heterocycles. The van der Waals surface area contributed by atoms with Crippen LogP contribution in [0.4, 0.5) is 11.8 Å². The van der Waals surface area contributed by atoms with Gasteiger partial charge in [-0.3, -0.25) is 4.68 Å². The van der Waals surface area contributed by atoms with Crippen LogP contribution in [-0.2, 0) is 12.4 Å². The van der Waals surface area contributed by atoms with E-state index in [0.717, 1.165) is 43.2 Å². The Morgan fingerprint density at radius 1 is 1.10 bits per heavy atom. The number of hydrogen-bond acceptors (Lipinski definition) is 5. The topological polar surface area (TPSA) is 50.1 Å². The van der Waals surface area contributed by atoms with Crippen LogP contribution < -0.4 is 9.80 Å². The number of aryl methyl sites for hydroxylation is 2. The van der Waals surface area contributed by atoms with Crippen LogP contribution in [0.3, 0.4) is 0 Å². The van der Waals surface area contributed by atoms with Gasteiger partial charge in [-0.2, -0.15) is 5.10 Å². The molecular weight excluding hydrogens is 332 g/mol. The van der Waals surface area contributed by atoms with Gasteiger partial charge in [-0.25, -0.2) is 9.97 Å². The summed E-state index contributed by atoms with van der Waals surface area (Å²) in [6.07, 6.45) is 3.59. The van der Waals surface area contributed by atoms with E-state index in [1.165, 1.54) is 11.4 Å². The van der Waals surface area contributed by atoms with E-state index >= 15 is 0 Å². The van der Waals surface area contributed by atoms with Gasteiger partial charge in [0.05, 0.1) is 5.69 Å². The van der Waals surface area contributed by atoms with E-state index < -0.39 is 0 Å². The number of piperazine rings is 1. The summed E-state index contributed by atoms with van der Waals surface area (Å²) in [6.45, 7) is 5.83. The van der Waals surface area contributed by atoms with Crippen molar-refractivity contribution in [2.24, 2.45) is 7.05 Å². The van der Waals surface area contributed by atoms with E-state index in [1.807, 2.05) is 17.8 Å². The summed E-state index contributed by atoms with van der Waals surface area (Å²) in [5.74, 6) is 2.04. The normalized spacial score (nSPS) is 15.6. The molecule has 0 aromatic carbocycles. The molecule has 0 atom stereocenters. The number of hydrogen-bond donors (Lipinski definition) is 0.